The van der Waals surface area contributed by atoms with Crippen molar-refractivity contribution in [2.45, 2.75) is 77.3 Å². The number of rotatable bonds is 8. The second kappa shape index (κ2) is 8.10. The number of pyridine rings is 1. The van der Waals surface area contributed by atoms with Crippen molar-refractivity contribution in [3.63, 3.8) is 0 Å². The van der Waals surface area contributed by atoms with Gasteiger partial charge in [-0.05, 0) is 55.5 Å². The van der Waals surface area contributed by atoms with Crippen molar-refractivity contribution in [2.24, 2.45) is 5.92 Å². The predicted octanol–water partition coefficient (Wildman–Crippen LogP) is 5.53. The molecule has 1 saturated carbocycles. The molecule has 0 unspecified atom stereocenters. The Bertz CT molecular complexity index is 720. The molecular weight excluding hydrogens is 360 g/mol. The molecule has 0 amide bonds. The molecule has 1 aromatic heterocycles. The smallest absolute Gasteiger partial charge is 0.293 e. The van der Waals surface area contributed by atoms with E-state index in [1.54, 1.807) is 12.3 Å². The molecule has 3 rings (SSSR count). The van der Waals surface area contributed by atoms with Gasteiger partial charge in [-0.2, -0.15) is 0 Å². The van der Waals surface area contributed by atoms with Crippen LogP contribution in [0.25, 0.3) is 0 Å². The Morgan fingerprint density at radius 3 is 2.52 bits per heavy atom. The minimum Gasteiger partial charge on any atom is -0.546 e. The summed E-state index contributed by atoms with van der Waals surface area (Å²) in [5.74, 6) is 1.53. The summed E-state index contributed by atoms with van der Waals surface area (Å²) in [5.41, 5.74) is 1.82. The van der Waals surface area contributed by atoms with Crippen LogP contribution in [0.3, 0.4) is 0 Å². The topological polar surface area (TPSA) is 74.5 Å². The molecular formula is C20H30N2O4Si. The summed E-state index contributed by atoms with van der Waals surface area (Å²) < 4.78 is 13.1. The minimum atomic E-state index is -1.82. The lowest BCUT2D eigenvalue weighted by Crippen LogP contribution is -2.38. The highest BCUT2D eigenvalue weighted by molar-refractivity contribution is 6.73. The number of nitrogens with zero attached hydrogens (tertiary/aromatic N) is 2. The quantitative estimate of drug-likeness (QED) is 0.332. The third-order valence-electron chi connectivity index (χ3n) is 6.25. The maximum Gasteiger partial charge on any atom is 0.293 e. The summed E-state index contributed by atoms with van der Waals surface area (Å²) in [6.07, 6.45) is 5.44. The standard InChI is InChI=1S/C20H30N2O4Si/c1-5-27(6-2,7-3)26-18-12-19(25-20(14(18)4)15-8-9-15)16-10-11-21-13-17(16)22(23)24/h10-11,13,15,19-20H,5-9,12H2,1-4H3/t19-,20+/m1/s1. The Labute approximate surface area is 162 Å². The molecule has 0 N–H and O–H groups in total. The second-order valence-electron chi connectivity index (χ2n) is 7.73. The van der Waals surface area contributed by atoms with Crippen molar-refractivity contribution in [1.29, 1.82) is 0 Å². The molecule has 0 saturated heterocycles. The van der Waals surface area contributed by atoms with Crippen LogP contribution in [0.2, 0.25) is 18.1 Å². The van der Waals surface area contributed by atoms with E-state index in [0.717, 1.165) is 36.7 Å². The molecule has 27 heavy (non-hydrogen) atoms. The summed E-state index contributed by atoms with van der Waals surface area (Å²) in [5, 5.41) is 11.5. The molecule has 0 radical (unpaired) electrons. The fourth-order valence-electron chi connectivity index (χ4n) is 4.03. The van der Waals surface area contributed by atoms with Crippen molar-refractivity contribution >= 4 is 14.0 Å². The van der Waals surface area contributed by atoms with Gasteiger partial charge in [-0.1, -0.05) is 20.8 Å². The van der Waals surface area contributed by atoms with Crippen molar-refractivity contribution < 1.29 is 14.1 Å². The minimum absolute atomic E-state index is 0.00351. The molecule has 148 valence electrons. The lowest BCUT2D eigenvalue weighted by molar-refractivity contribution is -0.386. The van der Waals surface area contributed by atoms with Crippen molar-refractivity contribution in [3.05, 3.63) is 45.5 Å². The van der Waals surface area contributed by atoms with E-state index >= 15 is 0 Å². The van der Waals surface area contributed by atoms with Gasteiger partial charge in [0.25, 0.3) is 5.69 Å². The van der Waals surface area contributed by atoms with Crippen LogP contribution in [0, 0.1) is 16.0 Å². The first-order chi connectivity index (χ1) is 12.9. The number of hydrogen-bond acceptors (Lipinski definition) is 5. The first-order valence-electron chi connectivity index (χ1n) is 10.1. The SMILES string of the molecule is CC[Si](CC)(CC)OC1=C(C)[C@@H](C2CC2)O[C@@H](c2ccncc2[N+](=O)[O-])C1. The lowest BCUT2D eigenvalue weighted by atomic mass is 9.95. The Morgan fingerprint density at radius 2 is 1.96 bits per heavy atom. The second-order valence-corrected chi connectivity index (χ2v) is 12.4. The van der Waals surface area contributed by atoms with Crippen LogP contribution < -0.4 is 0 Å². The zero-order valence-corrected chi connectivity index (χ0v) is 17.7. The lowest BCUT2D eigenvalue weighted by Gasteiger charge is -2.38. The Balaban J connectivity index is 1.96. The summed E-state index contributed by atoms with van der Waals surface area (Å²) in [6.45, 7) is 8.78. The van der Waals surface area contributed by atoms with Gasteiger partial charge in [-0.3, -0.25) is 15.1 Å². The van der Waals surface area contributed by atoms with Gasteiger partial charge in [0.1, 0.15) is 6.20 Å². The third kappa shape index (κ3) is 4.09. The van der Waals surface area contributed by atoms with Crippen molar-refractivity contribution in [2.75, 3.05) is 0 Å². The molecule has 2 heterocycles. The summed E-state index contributed by atoms with van der Waals surface area (Å²) in [6, 6.07) is 4.94. The fourth-order valence-corrected chi connectivity index (χ4v) is 6.73. The van der Waals surface area contributed by atoms with Crippen LogP contribution in [0.4, 0.5) is 5.69 Å². The van der Waals surface area contributed by atoms with Gasteiger partial charge in [-0.25, -0.2) is 0 Å². The van der Waals surface area contributed by atoms with Gasteiger partial charge in [-0.15, -0.1) is 0 Å². The van der Waals surface area contributed by atoms with E-state index in [2.05, 4.69) is 32.7 Å². The molecule has 0 aromatic carbocycles. The van der Waals surface area contributed by atoms with E-state index in [-0.39, 0.29) is 22.8 Å². The van der Waals surface area contributed by atoms with Crippen LogP contribution >= 0.6 is 0 Å². The Kier molecular flexibility index (Phi) is 6.01. The molecule has 1 aliphatic heterocycles. The maximum atomic E-state index is 11.5. The van der Waals surface area contributed by atoms with Gasteiger partial charge in [0.2, 0.25) is 8.32 Å². The molecule has 2 aliphatic rings. The summed E-state index contributed by atoms with van der Waals surface area (Å²) in [7, 11) is -1.82. The van der Waals surface area contributed by atoms with E-state index in [4.69, 9.17) is 9.16 Å². The average Bonchev–Trinajstić information content (AvgIpc) is 3.52. The van der Waals surface area contributed by atoms with Crippen LogP contribution in [0.15, 0.2) is 29.8 Å². The van der Waals surface area contributed by atoms with Gasteiger partial charge < -0.3 is 9.16 Å². The van der Waals surface area contributed by atoms with Crippen LogP contribution in [-0.2, 0) is 9.16 Å². The zero-order valence-electron chi connectivity index (χ0n) is 16.7. The van der Waals surface area contributed by atoms with E-state index in [9.17, 15) is 10.1 Å². The molecule has 6 nitrogen and oxygen atoms in total. The summed E-state index contributed by atoms with van der Waals surface area (Å²) >= 11 is 0. The van der Waals surface area contributed by atoms with Gasteiger partial charge in [0.15, 0.2) is 0 Å². The summed E-state index contributed by atoms with van der Waals surface area (Å²) in [4.78, 5) is 15.0. The van der Waals surface area contributed by atoms with Crippen molar-refractivity contribution in [1.82, 2.24) is 4.98 Å². The molecule has 1 fully saturated rings. The highest BCUT2D eigenvalue weighted by atomic mass is 28.4. The van der Waals surface area contributed by atoms with E-state index < -0.39 is 8.32 Å². The third-order valence-corrected chi connectivity index (χ3v) is 10.8. The molecule has 1 aliphatic carbocycles. The largest absolute Gasteiger partial charge is 0.546 e. The van der Waals surface area contributed by atoms with Gasteiger partial charge in [0.05, 0.1) is 28.5 Å². The van der Waals surface area contributed by atoms with E-state index in [1.807, 2.05) is 0 Å². The predicted molar refractivity (Wildman–Crippen MR) is 107 cm³/mol. The fraction of sp³-hybridized carbons (Fsp3) is 0.650. The zero-order chi connectivity index (χ0) is 19.6. The first-order valence-corrected chi connectivity index (χ1v) is 12.6. The highest BCUT2D eigenvalue weighted by Crippen LogP contribution is 2.47. The van der Waals surface area contributed by atoms with E-state index in [1.165, 1.54) is 11.8 Å². The normalized spacial score (nSPS) is 23.4. The Hall–Kier alpha value is -1.73. The Morgan fingerprint density at radius 1 is 1.30 bits per heavy atom. The molecule has 0 spiro atoms. The van der Waals surface area contributed by atoms with Gasteiger partial charge in [0, 0.05) is 12.6 Å². The number of hydrogen-bond donors (Lipinski definition) is 0. The number of nitro groups is 1. The van der Waals surface area contributed by atoms with Crippen LogP contribution in [0.1, 0.15) is 58.6 Å². The van der Waals surface area contributed by atoms with Crippen LogP contribution in [-0.4, -0.2) is 24.3 Å². The van der Waals surface area contributed by atoms with Crippen molar-refractivity contribution in [3.8, 4) is 0 Å². The van der Waals surface area contributed by atoms with Gasteiger partial charge >= 0.3 is 0 Å². The first kappa shape index (κ1) is 20.0. The average molecular weight is 391 g/mol. The monoisotopic (exact) mass is 390 g/mol. The van der Waals surface area contributed by atoms with Crippen LogP contribution in [0.5, 0.6) is 0 Å². The number of ether oxygens (including phenoxy) is 1. The number of aromatic nitrogens is 1. The molecule has 2 atom stereocenters. The van der Waals surface area contributed by atoms with E-state index in [0.29, 0.717) is 17.9 Å². The highest BCUT2D eigenvalue weighted by Gasteiger charge is 2.43. The molecule has 7 heteroatoms. The molecule has 0 bridgehead atoms. The maximum absolute atomic E-state index is 11.5. The molecule has 1 aromatic rings.